The topological polar surface area (TPSA) is 71.7 Å². The lowest BCUT2D eigenvalue weighted by Gasteiger charge is -2.08. The second-order valence-electron chi connectivity index (χ2n) is 3.88. The molecular weight excluding hydrogens is 276 g/mol. The summed E-state index contributed by atoms with van der Waals surface area (Å²) < 4.78 is 10.4. The third-order valence-corrected chi connectivity index (χ3v) is 3.60. The van der Waals surface area contributed by atoms with Gasteiger partial charge in [-0.05, 0) is 23.8 Å². The monoisotopic (exact) mass is 288 g/mol. The summed E-state index contributed by atoms with van der Waals surface area (Å²) in [6.45, 7) is 0. The molecule has 1 aliphatic rings. The summed E-state index contributed by atoms with van der Waals surface area (Å²) in [4.78, 5) is 15.0. The Hall–Kier alpha value is -2.26. The Morgan fingerprint density at radius 1 is 1.40 bits per heavy atom. The van der Waals surface area contributed by atoms with E-state index >= 15 is 0 Å². The van der Waals surface area contributed by atoms with Crippen LogP contribution in [-0.2, 0) is 4.79 Å². The van der Waals surface area contributed by atoms with Gasteiger partial charge in [0.05, 0.1) is 25.5 Å². The lowest BCUT2D eigenvalue weighted by molar-refractivity contribution is -0.115. The van der Waals surface area contributed by atoms with E-state index in [1.54, 1.807) is 38.5 Å². The van der Waals surface area contributed by atoms with Gasteiger partial charge in [-0.2, -0.15) is 5.26 Å². The largest absolute Gasteiger partial charge is 0.493 e. The molecule has 0 aromatic heterocycles. The van der Waals surface area contributed by atoms with Gasteiger partial charge in [-0.25, -0.2) is 4.99 Å². The second-order valence-corrected chi connectivity index (χ2v) is 4.85. The number of amides is 1. The molecule has 0 bridgehead atoms. The van der Waals surface area contributed by atoms with Gasteiger partial charge in [-0.1, -0.05) is 17.8 Å². The van der Waals surface area contributed by atoms with Gasteiger partial charge in [-0.15, -0.1) is 0 Å². The van der Waals surface area contributed by atoms with E-state index in [2.05, 4.69) is 11.1 Å². The number of hydrogen-bond acceptors (Lipinski definition) is 5. The molecule has 5 nitrogen and oxygen atoms in total. The van der Waals surface area contributed by atoms with Gasteiger partial charge in [0.1, 0.15) is 11.1 Å². The van der Waals surface area contributed by atoms with Crippen molar-refractivity contribution in [1.29, 1.82) is 5.26 Å². The molecule has 0 radical (unpaired) electrons. The van der Waals surface area contributed by atoms with Crippen LogP contribution in [0, 0.1) is 11.3 Å². The van der Waals surface area contributed by atoms with E-state index in [4.69, 9.17) is 9.47 Å². The summed E-state index contributed by atoms with van der Waals surface area (Å²) in [5.41, 5.74) is 1.15. The summed E-state index contributed by atoms with van der Waals surface area (Å²) in [5.74, 6) is 1.28. The predicted molar refractivity (Wildman–Crippen MR) is 78.0 cm³/mol. The summed E-state index contributed by atoms with van der Waals surface area (Å²) in [6.07, 6.45) is 1.67. The molecule has 1 heterocycles. The molecule has 0 unspecified atom stereocenters. The Labute approximate surface area is 120 Å². The maximum atomic E-state index is 11.1. The molecule has 1 amide bonds. The fraction of sp³-hybridized carbons (Fsp3) is 0.214. The minimum atomic E-state index is -0.210. The number of nitrogens with zero attached hydrogens (tertiary/aromatic N) is 2. The number of benzene rings is 1. The highest BCUT2D eigenvalue weighted by Gasteiger charge is 2.18. The number of carbonyl (C=O) groups is 1. The van der Waals surface area contributed by atoms with Crippen LogP contribution in [0.3, 0.4) is 0 Å². The summed E-state index contributed by atoms with van der Waals surface area (Å²) in [5, 5.41) is 9.65. The Kier molecular flexibility index (Phi) is 4.43. The van der Waals surface area contributed by atoms with Crippen molar-refractivity contribution in [3.8, 4) is 17.6 Å². The molecular formula is C14H12N2O3S. The number of ether oxygens (including phenoxy) is 2. The first-order valence-electron chi connectivity index (χ1n) is 5.76. The highest BCUT2D eigenvalue weighted by Crippen LogP contribution is 2.29. The molecule has 0 fully saturated rings. The number of aliphatic imine (C=N–C) groups is 1. The van der Waals surface area contributed by atoms with Gasteiger partial charge in [0.2, 0.25) is 0 Å². The van der Waals surface area contributed by atoms with Crippen molar-refractivity contribution in [2.24, 2.45) is 4.99 Å². The molecule has 0 spiro atoms. The number of nitriles is 1. The Morgan fingerprint density at radius 2 is 2.15 bits per heavy atom. The number of rotatable bonds is 4. The number of hydrogen-bond donors (Lipinski definition) is 0. The van der Waals surface area contributed by atoms with Crippen LogP contribution in [0.1, 0.15) is 5.56 Å². The van der Waals surface area contributed by atoms with Crippen molar-refractivity contribution in [2.75, 3.05) is 20.0 Å². The third kappa shape index (κ3) is 3.00. The maximum absolute atomic E-state index is 11.1. The third-order valence-electron chi connectivity index (χ3n) is 2.63. The molecule has 1 aliphatic heterocycles. The average Bonchev–Trinajstić information content (AvgIpc) is 2.90. The molecule has 102 valence electrons. The first kappa shape index (κ1) is 14.2. The van der Waals surface area contributed by atoms with Gasteiger partial charge < -0.3 is 9.47 Å². The van der Waals surface area contributed by atoms with Crippen LogP contribution in [0.15, 0.2) is 28.8 Å². The first-order chi connectivity index (χ1) is 9.67. The van der Waals surface area contributed by atoms with Crippen LogP contribution in [0.25, 0.3) is 6.08 Å². The van der Waals surface area contributed by atoms with Gasteiger partial charge >= 0.3 is 0 Å². The minimum absolute atomic E-state index is 0.210. The lowest BCUT2D eigenvalue weighted by atomic mass is 10.1. The van der Waals surface area contributed by atoms with Crippen molar-refractivity contribution in [3.05, 3.63) is 29.3 Å². The molecule has 1 aromatic rings. The quantitative estimate of drug-likeness (QED) is 0.795. The number of methoxy groups -OCH3 is 2. The van der Waals surface area contributed by atoms with Crippen LogP contribution in [-0.4, -0.2) is 30.9 Å². The zero-order valence-corrected chi connectivity index (χ0v) is 11.9. The van der Waals surface area contributed by atoms with Crippen LogP contribution in [0.4, 0.5) is 0 Å². The Morgan fingerprint density at radius 3 is 2.70 bits per heavy atom. The summed E-state index contributed by atoms with van der Waals surface area (Å²) in [7, 11) is 3.11. The molecule has 0 N–H and O–H groups in total. The molecule has 0 saturated heterocycles. The van der Waals surface area contributed by atoms with Crippen LogP contribution in [0.2, 0.25) is 0 Å². The van der Waals surface area contributed by atoms with Gasteiger partial charge in [0, 0.05) is 0 Å². The zero-order valence-electron chi connectivity index (χ0n) is 11.0. The van der Waals surface area contributed by atoms with E-state index in [9.17, 15) is 10.1 Å². The van der Waals surface area contributed by atoms with Crippen molar-refractivity contribution in [1.82, 2.24) is 0 Å². The molecule has 1 aromatic carbocycles. The van der Waals surface area contributed by atoms with E-state index in [0.29, 0.717) is 27.9 Å². The van der Waals surface area contributed by atoms with Crippen molar-refractivity contribution in [3.63, 3.8) is 0 Å². The van der Waals surface area contributed by atoms with Gasteiger partial charge in [0.15, 0.2) is 11.5 Å². The van der Waals surface area contributed by atoms with Crippen LogP contribution < -0.4 is 9.47 Å². The minimum Gasteiger partial charge on any atom is -0.493 e. The lowest BCUT2D eigenvalue weighted by Crippen LogP contribution is -1.94. The number of thioether (sulfide) groups is 1. The van der Waals surface area contributed by atoms with Crippen molar-refractivity contribution < 1.29 is 14.3 Å². The first-order valence-corrected chi connectivity index (χ1v) is 6.75. The molecule has 0 aliphatic carbocycles. The Bertz CT molecular complexity index is 644. The molecule has 2 rings (SSSR count). The van der Waals surface area contributed by atoms with Gasteiger partial charge in [0.25, 0.3) is 5.91 Å². The highest BCUT2D eigenvalue weighted by molar-refractivity contribution is 8.15. The average molecular weight is 288 g/mol. The standard InChI is InChI=1S/C14H12N2O3S/c1-18-11-4-3-9(6-12(11)19-2)5-10(7-15)14-16-13(17)8-20-14/h3-6H,8H2,1-2H3/b10-5-. The molecule has 0 atom stereocenters. The van der Waals surface area contributed by atoms with E-state index < -0.39 is 0 Å². The SMILES string of the molecule is COc1ccc(/C=C(/C#N)C2=NC(=O)CS2)cc1OC. The normalized spacial score (nSPS) is 14.8. The summed E-state index contributed by atoms with van der Waals surface area (Å²) >= 11 is 1.27. The zero-order chi connectivity index (χ0) is 14.5. The van der Waals surface area contributed by atoms with E-state index in [1.807, 2.05) is 0 Å². The summed E-state index contributed by atoms with van der Waals surface area (Å²) in [6, 6.07) is 7.39. The van der Waals surface area contributed by atoms with Crippen LogP contribution in [0.5, 0.6) is 11.5 Å². The maximum Gasteiger partial charge on any atom is 0.257 e. The van der Waals surface area contributed by atoms with Crippen LogP contribution >= 0.6 is 11.8 Å². The Balaban J connectivity index is 2.36. The van der Waals surface area contributed by atoms with E-state index in [-0.39, 0.29) is 5.91 Å². The van der Waals surface area contributed by atoms with Crippen molar-refractivity contribution in [2.45, 2.75) is 0 Å². The molecule has 20 heavy (non-hydrogen) atoms. The van der Waals surface area contributed by atoms with Crippen molar-refractivity contribution >= 4 is 28.8 Å². The second kappa shape index (κ2) is 6.26. The fourth-order valence-electron chi connectivity index (χ4n) is 1.70. The molecule has 6 heteroatoms. The smallest absolute Gasteiger partial charge is 0.257 e. The highest BCUT2D eigenvalue weighted by atomic mass is 32.2. The van der Waals surface area contributed by atoms with Gasteiger partial charge in [-0.3, -0.25) is 4.79 Å². The predicted octanol–water partition coefficient (Wildman–Crippen LogP) is 2.28. The van der Waals surface area contributed by atoms with E-state index in [0.717, 1.165) is 5.56 Å². The fourth-order valence-corrected chi connectivity index (χ4v) is 2.45. The number of carbonyl (C=O) groups excluding carboxylic acids is 1. The molecule has 0 saturated carbocycles. The van der Waals surface area contributed by atoms with E-state index in [1.165, 1.54) is 11.8 Å².